The Morgan fingerprint density at radius 1 is 1.17 bits per heavy atom. The molecule has 3 N–H and O–H groups in total. The van der Waals surface area contributed by atoms with Crippen LogP contribution in [0.1, 0.15) is 23.9 Å². The third kappa shape index (κ3) is 4.42. The van der Waals surface area contributed by atoms with Crippen molar-refractivity contribution in [3.05, 3.63) is 47.3 Å². The second kappa shape index (κ2) is 7.74. The van der Waals surface area contributed by atoms with Crippen LogP contribution in [0.3, 0.4) is 0 Å². The van der Waals surface area contributed by atoms with Crippen molar-refractivity contribution >= 4 is 11.8 Å². The molecule has 2 amide bonds. The Labute approximate surface area is 141 Å². The SMILES string of the molecule is CC(=O)NNC(=O)C[NH+](C)Cc1c(C)nn(-c2ccccc2)c1C. The molecule has 2 rings (SSSR count). The topological polar surface area (TPSA) is 80.5 Å². The van der Waals surface area contributed by atoms with Crippen molar-refractivity contribution in [1.82, 2.24) is 20.6 Å². The van der Waals surface area contributed by atoms with Gasteiger partial charge in [-0.15, -0.1) is 0 Å². The molecule has 1 unspecified atom stereocenters. The maximum atomic E-state index is 11.8. The Bertz CT molecular complexity index is 724. The summed E-state index contributed by atoms with van der Waals surface area (Å²) in [4.78, 5) is 23.6. The van der Waals surface area contributed by atoms with Crippen LogP contribution in [0.25, 0.3) is 5.69 Å². The van der Waals surface area contributed by atoms with Crippen LogP contribution in [0.15, 0.2) is 30.3 Å². The van der Waals surface area contributed by atoms with E-state index in [2.05, 4.69) is 16.0 Å². The average molecular weight is 330 g/mol. The number of hydrogen-bond donors (Lipinski definition) is 3. The number of amides is 2. The lowest BCUT2D eigenvalue weighted by molar-refractivity contribution is -0.885. The van der Waals surface area contributed by atoms with Gasteiger partial charge in [-0.25, -0.2) is 4.68 Å². The van der Waals surface area contributed by atoms with E-state index < -0.39 is 0 Å². The number of carbonyl (C=O) groups is 2. The summed E-state index contributed by atoms with van der Waals surface area (Å²) in [6.07, 6.45) is 0. The molecule has 0 radical (unpaired) electrons. The molecule has 24 heavy (non-hydrogen) atoms. The number of aryl methyl sites for hydroxylation is 1. The number of hydrazine groups is 1. The lowest BCUT2D eigenvalue weighted by Crippen LogP contribution is -3.09. The summed E-state index contributed by atoms with van der Waals surface area (Å²) in [6, 6.07) is 9.97. The van der Waals surface area contributed by atoms with Gasteiger partial charge in [-0.1, -0.05) is 18.2 Å². The fourth-order valence-corrected chi connectivity index (χ4v) is 2.59. The van der Waals surface area contributed by atoms with Crippen LogP contribution in [0, 0.1) is 13.8 Å². The molecule has 1 atom stereocenters. The monoisotopic (exact) mass is 330 g/mol. The molecule has 7 heteroatoms. The van der Waals surface area contributed by atoms with E-state index in [-0.39, 0.29) is 18.4 Å². The standard InChI is InChI=1S/C17H23N5O2/c1-12-16(10-21(4)11-17(24)19-18-14(3)23)13(2)22(20-12)15-8-6-5-7-9-15/h5-9H,10-11H2,1-4H3,(H,18,23)(H,19,24)/p+1. The van der Waals surface area contributed by atoms with Crippen molar-refractivity contribution in [3.8, 4) is 5.69 Å². The van der Waals surface area contributed by atoms with E-state index in [0.29, 0.717) is 6.54 Å². The van der Waals surface area contributed by atoms with E-state index in [0.717, 1.165) is 27.5 Å². The lowest BCUT2D eigenvalue weighted by atomic mass is 10.2. The minimum absolute atomic E-state index is 0.228. The number of benzene rings is 1. The molecular weight excluding hydrogens is 306 g/mol. The zero-order valence-electron chi connectivity index (χ0n) is 14.5. The first-order valence-corrected chi connectivity index (χ1v) is 7.85. The molecular formula is C17H24N5O2+. The first-order valence-electron chi connectivity index (χ1n) is 7.85. The summed E-state index contributed by atoms with van der Waals surface area (Å²) in [6.45, 7) is 6.30. The van der Waals surface area contributed by atoms with Crippen LogP contribution in [0.4, 0.5) is 0 Å². The highest BCUT2D eigenvalue weighted by Crippen LogP contribution is 2.16. The molecule has 0 spiro atoms. The van der Waals surface area contributed by atoms with E-state index in [1.807, 2.05) is 55.9 Å². The molecule has 128 valence electrons. The number of carbonyl (C=O) groups excluding carboxylic acids is 2. The summed E-state index contributed by atoms with van der Waals surface area (Å²) in [5.41, 5.74) is 8.85. The van der Waals surface area contributed by atoms with Gasteiger partial charge in [0, 0.05) is 6.92 Å². The Hall–Kier alpha value is -2.67. The number of rotatable bonds is 5. The van der Waals surface area contributed by atoms with Gasteiger partial charge in [0.25, 0.3) is 5.91 Å². The molecule has 0 aliphatic heterocycles. The smallest absolute Gasteiger partial charge is 0.293 e. The number of aromatic nitrogens is 2. The van der Waals surface area contributed by atoms with Crippen molar-refractivity contribution in [3.63, 3.8) is 0 Å². The quantitative estimate of drug-likeness (QED) is 0.657. The molecule has 1 heterocycles. The van der Waals surface area contributed by atoms with Gasteiger partial charge < -0.3 is 4.90 Å². The Balaban J connectivity index is 2.06. The lowest BCUT2D eigenvalue weighted by Gasteiger charge is -2.14. The summed E-state index contributed by atoms with van der Waals surface area (Å²) in [7, 11) is 1.94. The third-order valence-corrected chi connectivity index (χ3v) is 3.76. The van der Waals surface area contributed by atoms with Crippen LogP contribution >= 0.6 is 0 Å². The summed E-state index contributed by atoms with van der Waals surface area (Å²) in [5, 5.41) is 4.62. The van der Waals surface area contributed by atoms with Gasteiger partial charge in [-0.05, 0) is 26.0 Å². The average Bonchev–Trinajstić information content (AvgIpc) is 2.82. The second-order valence-electron chi connectivity index (χ2n) is 5.94. The van der Waals surface area contributed by atoms with E-state index >= 15 is 0 Å². The van der Waals surface area contributed by atoms with Crippen molar-refractivity contribution < 1.29 is 14.5 Å². The highest BCUT2D eigenvalue weighted by atomic mass is 16.2. The third-order valence-electron chi connectivity index (χ3n) is 3.76. The zero-order valence-corrected chi connectivity index (χ0v) is 14.5. The Kier molecular flexibility index (Phi) is 5.70. The maximum absolute atomic E-state index is 11.8. The van der Waals surface area contributed by atoms with Gasteiger partial charge in [0.05, 0.1) is 29.7 Å². The van der Waals surface area contributed by atoms with Crippen LogP contribution in [-0.4, -0.2) is 35.2 Å². The normalized spacial score (nSPS) is 11.8. The van der Waals surface area contributed by atoms with Crippen LogP contribution in [-0.2, 0) is 16.1 Å². The number of quaternary nitrogens is 1. The fourth-order valence-electron chi connectivity index (χ4n) is 2.59. The highest BCUT2D eigenvalue weighted by molar-refractivity contribution is 5.81. The predicted molar refractivity (Wildman–Crippen MR) is 90.5 cm³/mol. The van der Waals surface area contributed by atoms with Crippen LogP contribution in [0.2, 0.25) is 0 Å². The van der Waals surface area contributed by atoms with E-state index in [1.165, 1.54) is 6.92 Å². The number of nitrogens with zero attached hydrogens (tertiary/aromatic N) is 2. The molecule has 0 aliphatic carbocycles. The largest absolute Gasteiger partial charge is 0.326 e. The summed E-state index contributed by atoms with van der Waals surface area (Å²) < 4.78 is 1.93. The van der Waals surface area contributed by atoms with Gasteiger partial charge in [0.15, 0.2) is 6.54 Å². The molecule has 0 saturated carbocycles. The van der Waals surface area contributed by atoms with E-state index in [1.54, 1.807) is 0 Å². The second-order valence-corrected chi connectivity index (χ2v) is 5.94. The minimum atomic E-state index is -0.295. The number of nitrogens with one attached hydrogen (secondary N) is 3. The van der Waals surface area contributed by atoms with Crippen molar-refractivity contribution in [2.45, 2.75) is 27.3 Å². The van der Waals surface area contributed by atoms with Crippen LogP contribution in [0.5, 0.6) is 0 Å². The van der Waals surface area contributed by atoms with Gasteiger partial charge in [-0.2, -0.15) is 5.10 Å². The van der Waals surface area contributed by atoms with Gasteiger partial charge >= 0.3 is 0 Å². The molecule has 0 saturated heterocycles. The molecule has 7 nitrogen and oxygen atoms in total. The fraction of sp³-hybridized carbons (Fsp3) is 0.353. The molecule has 0 bridgehead atoms. The minimum Gasteiger partial charge on any atom is -0.326 e. The summed E-state index contributed by atoms with van der Waals surface area (Å²) in [5.74, 6) is -0.523. The highest BCUT2D eigenvalue weighted by Gasteiger charge is 2.18. The van der Waals surface area contributed by atoms with E-state index in [4.69, 9.17) is 0 Å². The molecule has 1 aromatic carbocycles. The first-order chi connectivity index (χ1) is 11.4. The van der Waals surface area contributed by atoms with Crippen molar-refractivity contribution in [1.29, 1.82) is 0 Å². The van der Waals surface area contributed by atoms with Crippen molar-refractivity contribution in [2.75, 3.05) is 13.6 Å². The van der Waals surface area contributed by atoms with Crippen LogP contribution < -0.4 is 15.8 Å². The van der Waals surface area contributed by atoms with Gasteiger partial charge in [-0.3, -0.25) is 20.4 Å². The van der Waals surface area contributed by atoms with E-state index in [9.17, 15) is 9.59 Å². The molecule has 0 fully saturated rings. The maximum Gasteiger partial charge on any atom is 0.293 e. The number of hydrogen-bond acceptors (Lipinski definition) is 3. The molecule has 0 aliphatic rings. The zero-order chi connectivity index (χ0) is 17.7. The van der Waals surface area contributed by atoms with Gasteiger partial charge in [0.1, 0.15) is 6.54 Å². The summed E-state index contributed by atoms with van der Waals surface area (Å²) >= 11 is 0. The first kappa shape index (κ1) is 17.7. The number of likely N-dealkylation sites (N-methyl/N-ethyl adjacent to an activating group) is 1. The number of para-hydroxylation sites is 1. The van der Waals surface area contributed by atoms with Gasteiger partial charge in [0.2, 0.25) is 5.91 Å². The molecule has 1 aromatic heterocycles. The van der Waals surface area contributed by atoms with Crippen molar-refractivity contribution in [2.24, 2.45) is 0 Å². The molecule has 2 aromatic rings. The Morgan fingerprint density at radius 2 is 1.83 bits per heavy atom. The Morgan fingerprint density at radius 3 is 2.46 bits per heavy atom. The predicted octanol–water partition coefficient (Wildman–Crippen LogP) is -0.329.